The zero-order valence-electron chi connectivity index (χ0n) is 9.83. The number of amides is 1. The largest absolute Gasteiger partial charge is 0.341 e. The number of nitrogens with two attached hydrogens (primary N) is 1. The summed E-state index contributed by atoms with van der Waals surface area (Å²) in [5.74, 6) is 0.0719. The molecule has 0 spiro atoms. The average molecular weight is 210 g/mol. The van der Waals surface area contributed by atoms with Crippen LogP contribution < -0.4 is 5.73 Å². The molecule has 0 bridgehead atoms. The first kappa shape index (κ1) is 12.2. The molecule has 0 aliphatic carbocycles. The van der Waals surface area contributed by atoms with Crippen LogP contribution in [-0.4, -0.2) is 29.9 Å². The van der Waals surface area contributed by atoms with E-state index in [1.54, 1.807) is 6.08 Å². The zero-order chi connectivity index (χ0) is 11.5. The minimum Gasteiger partial charge on any atom is -0.341 e. The predicted octanol–water partition coefficient (Wildman–Crippen LogP) is 1.54. The normalized spacial score (nSPS) is 22.2. The Morgan fingerprint density at radius 3 is 2.87 bits per heavy atom. The lowest BCUT2D eigenvalue weighted by Crippen LogP contribution is -2.49. The predicted molar refractivity (Wildman–Crippen MR) is 62.4 cm³/mol. The Morgan fingerprint density at radius 2 is 2.33 bits per heavy atom. The maximum absolute atomic E-state index is 11.9. The van der Waals surface area contributed by atoms with E-state index in [2.05, 4.69) is 20.4 Å². The molecule has 0 saturated carbocycles. The highest BCUT2D eigenvalue weighted by Gasteiger charge is 2.30. The van der Waals surface area contributed by atoms with Crippen molar-refractivity contribution < 1.29 is 4.79 Å². The van der Waals surface area contributed by atoms with E-state index in [4.69, 9.17) is 5.73 Å². The summed E-state index contributed by atoms with van der Waals surface area (Å²) in [4.78, 5) is 13.8. The van der Waals surface area contributed by atoms with Gasteiger partial charge in [0, 0.05) is 13.1 Å². The van der Waals surface area contributed by atoms with Crippen molar-refractivity contribution in [1.82, 2.24) is 4.90 Å². The van der Waals surface area contributed by atoms with Crippen molar-refractivity contribution in [2.75, 3.05) is 13.1 Å². The molecule has 1 amide bonds. The van der Waals surface area contributed by atoms with Crippen LogP contribution in [-0.2, 0) is 4.79 Å². The van der Waals surface area contributed by atoms with Gasteiger partial charge >= 0.3 is 0 Å². The molecule has 2 N–H and O–H groups in total. The molecule has 15 heavy (non-hydrogen) atoms. The molecule has 1 heterocycles. The van der Waals surface area contributed by atoms with Crippen LogP contribution in [0.2, 0.25) is 0 Å². The number of hydrogen-bond acceptors (Lipinski definition) is 2. The van der Waals surface area contributed by atoms with Gasteiger partial charge in [0.2, 0.25) is 5.91 Å². The summed E-state index contributed by atoms with van der Waals surface area (Å²) >= 11 is 0. The van der Waals surface area contributed by atoms with Crippen molar-refractivity contribution in [3.05, 3.63) is 12.7 Å². The molecule has 1 aliphatic heterocycles. The first-order chi connectivity index (χ1) is 6.96. The van der Waals surface area contributed by atoms with E-state index in [1.807, 2.05) is 4.90 Å². The molecule has 0 aromatic carbocycles. The Morgan fingerprint density at radius 1 is 1.67 bits per heavy atom. The summed E-state index contributed by atoms with van der Waals surface area (Å²) in [6, 6.07) is -0.406. The second-order valence-corrected chi connectivity index (χ2v) is 5.16. The summed E-state index contributed by atoms with van der Waals surface area (Å²) in [6.45, 7) is 9.69. The number of rotatable bonds is 3. The number of nitrogens with zero attached hydrogens (tertiary/aromatic N) is 1. The van der Waals surface area contributed by atoms with Gasteiger partial charge in [-0.15, -0.1) is 6.58 Å². The third-order valence-electron chi connectivity index (χ3n) is 2.95. The highest BCUT2D eigenvalue weighted by molar-refractivity contribution is 5.82. The summed E-state index contributed by atoms with van der Waals surface area (Å²) in [6.07, 6.45) is 4.54. The molecule has 3 nitrogen and oxygen atoms in total. The molecule has 1 saturated heterocycles. The van der Waals surface area contributed by atoms with Gasteiger partial charge in [0.15, 0.2) is 0 Å². The smallest absolute Gasteiger partial charge is 0.239 e. The lowest BCUT2D eigenvalue weighted by Gasteiger charge is -2.39. The van der Waals surface area contributed by atoms with Crippen LogP contribution in [0.15, 0.2) is 12.7 Å². The van der Waals surface area contributed by atoms with Crippen LogP contribution >= 0.6 is 0 Å². The Hall–Kier alpha value is -0.830. The van der Waals surface area contributed by atoms with Gasteiger partial charge in [-0.3, -0.25) is 4.79 Å². The highest BCUT2D eigenvalue weighted by atomic mass is 16.2. The van der Waals surface area contributed by atoms with Crippen LogP contribution in [0, 0.1) is 5.41 Å². The van der Waals surface area contributed by atoms with E-state index in [1.165, 1.54) is 6.42 Å². The van der Waals surface area contributed by atoms with Crippen LogP contribution in [0.25, 0.3) is 0 Å². The van der Waals surface area contributed by atoms with E-state index in [-0.39, 0.29) is 11.3 Å². The monoisotopic (exact) mass is 210 g/mol. The van der Waals surface area contributed by atoms with Crippen LogP contribution in [0.1, 0.15) is 33.1 Å². The minimum atomic E-state index is -0.406. The Bertz CT molecular complexity index is 248. The third-order valence-corrected chi connectivity index (χ3v) is 2.95. The van der Waals surface area contributed by atoms with E-state index < -0.39 is 6.04 Å². The summed E-state index contributed by atoms with van der Waals surface area (Å²) in [5.41, 5.74) is 6.02. The molecular formula is C12H22N2O. The molecule has 1 unspecified atom stereocenters. The summed E-state index contributed by atoms with van der Waals surface area (Å²) < 4.78 is 0. The topological polar surface area (TPSA) is 46.3 Å². The van der Waals surface area contributed by atoms with Gasteiger partial charge in [-0.25, -0.2) is 0 Å². The first-order valence-electron chi connectivity index (χ1n) is 5.61. The second kappa shape index (κ2) is 4.79. The average Bonchev–Trinajstić information content (AvgIpc) is 2.15. The SMILES string of the molecule is C=CCC(N)C(=O)N1CCCC(C)(C)C1. The fourth-order valence-corrected chi connectivity index (χ4v) is 2.13. The molecule has 1 atom stereocenters. The molecule has 0 radical (unpaired) electrons. The summed E-state index contributed by atoms with van der Waals surface area (Å²) in [7, 11) is 0. The molecule has 3 heteroatoms. The fraction of sp³-hybridized carbons (Fsp3) is 0.750. The highest BCUT2D eigenvalue weighted by Crippen LogP contribution is 2.28. The number of carbonyl (C=O) groups excluding carboxylic acids is 1. The van der Waals surface area contributed by atoms with Crippen LogP contribution in [0.5, 0.6) is 0 Å². The number of carbonyl (C=O) groups is 1. The Balaban J connectivity index is 2.56. The van der Waals surface area contributed by atoms with Crippen molar-refractivity contribution >= 4 is 5.91 Å². The molecule has 1 aliphatic rings. The van der Waals surface area contributed by atoms with Gasteiger partial charge in [-0.05, 0) is 24.7 Å². The third kappa shape index (κ3) is 3.34. The van der Waals surface area contributed by atoms with E-state index in [0.717, 1.165) is 19.5 Å². The fourth-order valence-electron chi connectivity index (χ4n) is 2.13. The van der Waals surface area contributed by atoms with Crippen molar-refractivity contribution in [2.45, 2.75) is 39.2 Å². The van der Waals surface area contributed by atoms with Crippen molar-refractivity contribution in [2.24, 2.45) is 11.1 Å². The lowest BCUT2D eigenvalue weighted by molar-refractivity contribution is -0.135. The van der Waals surface area contributed by atoms with Gasteiger partial charge < -0.3 is 10.6 Å². The Kier molecular flexibility index (Phi) is 3.91. The van der Waals surface area contributed by atoms with Gasteiger partial charge in [0.05, 0.1) is 6.04 Å². The van der Waals surface area contributed by atoms with Gasteiger partial charge in [-0.2, -0.15) is 0 Å². The van der Waals surface area contributed by atoms with Crippen LogP contribution in [0.4, 0.5) is 0 Å². The van der Waals surface area contributed by atoms with Crippen LogP contribution in [0.3, 0.4) is 0 Å². The van der Waals surface area contributed by atoms with Crippen molar-refractivity contribution in [1.29, 1.82) is 0 Å². The summed E-state index contributed by atoms with van der Waals surface area (Å²) in [5, 5.41) is 0. The standard InChI is InChI=1S/C12H22N2O/c1-4-6-10(13)11(15)14-8-5-7-12(2,3)9-14/h4,10H,1,5-9,13H2,2-3H3. The lowest BCUT2D eigenvalue weighted by atomic mass is 9.84. The maximum Gasteiger partial charge on any atom is 0.239 e. The van der Waals surface area contributed by atoms with E-state index in [0.29, 0.717) is 6.42 Å². The molecule has 86 valence electrons. The van der Waals surface area contributed by atoms with Crippen molar-refractivity contribution in [3.8, 4) is 0 Å². The second-order valence-electron chi connectivity index (χ2n) is 5.16. The number of hydrogen-bond donors (Lipinski definition) is 1. The van der Waals surface area contributed by atoms with Gasteiger partial charge in [-0.1, -0.05) is 19.9 Å². The number of piperidine rings is 1. The van der Waals surface area contributed by atoms with E-state index >= 15 is 0 Å². The molecule has 1 rings (SSSR count). The maximum atomic E-state index is 11.9. The van der Waals surface area contributed by atoms with E-state index in [9.17, 15) is 4.79 Å². The number of likely N-dealkylation sites (tertiary alicyclic amines) is 1. The quantitative estimate of drug-likeness (QED) is 0.718. The molecule has 0 aromatic rings. The van der Waals surface area contributed by atoms with Crippen molar-refractivity contribution in [3.63, 3.8) is 0 Å². The molecule has 1 fully saturated rings. The first-order valence-corrected chi connectivity index (χ1v) is 5.61. The zero-order valence-corrected chi connectivity index (χ0v) is 9.83. The van der Waals surface area contributed by atoms with Gasteiger partial charge in [0.1, 0.15) is 0 Å². The minimum absolute atomic E-state index is 0.0719. The molecular weight excluding hydrogens is 188 g/mol. The Labute approximate surface area is 92.3 Å². The van der Waals surface area contributed by atoms with Gasteiger partial charge in [0.25, 0.3) is 0 Å². The molecule has 0 aromatic heterocycles.